The summed E-state index contributed by atoms with van der Waals surface area (Å²) in [6.07, 6.45) is 2.83. The van der Waals surface area contributed by atoms with Crippen molar-refractivity contribution in [2.24, 2.45) is 0 Å². The van der Waals surface area contributed by atoms with Crippen molar-refractivity contribution in [3.63, 3.8) is 0 Å². The smallest absolute Gasteiger partial charge is 0.297 e. The predicted molar refractivity (Wildman–Crippen MR) is 119 cm³/mol. The second-order valence-electron chi connectivity index (χ2n) is 6.97. The minimum atomic E-state index is -0.323. The van der Waals surface area contributed by atoms with Crippen molar-refractivity contribution >= 4 is 78.9 Å². The number of halogens is 3. The van der Waals surface area contributed by atoms with E-state index in [-0.39, 0.29) is 22.8 Å². The Balaban J connectivity index is 1.52. The molecule has 4 heterocycles. The summed E-state index contributed by atoms with van der Waals surface area (Å²) >= 11 is 18.7. The second-order valence-corrected chi connectivity index (χ2v) is 8.14. The van der Waals surface area contributed by atoms with Gasteiger partial charge in [-0.1, -0.05) is 40.9 Å². The predicted octanol–water partition coefficient (Wildman–Crippen LogP) is 5.84. The van der Waals surface area contributed by atoms with Crippen molar-refractivity contribution in [2.75, 3.05) is 0 Å². The van der Waals surface area contributed by atoms with Crippen molar-refractivity contribution in [3.8, 4) is 0 Å². The standard InChI is InChI=1S/C21H9Cl3N4O3/c22-12-3-1-2-10-14-19(31-16(10)12)21(29)28(8-27-14)6-9-4-11-15-18(20(24)26-7-25-15)30-17(11)13(23)5-9/h1-5,7-8H,6H2. The first-order chi connectivity index (χ1) is 15.0. The highest BCUT2D eigenvalue weighted by Crippen LogP contribution is 2.35. The van der Waals surface area contributed by atoms with Gasteiger partial charge in [0.2, 0.25) is 5.58 Å². The maximum absolute atomic E-state index is 13.1. The second kappa shape index (κ2) is 6.68. The van der Waals surface area contributed by atoms with Crippen molar-refractivity contribution < 1.29 is 8.83 Å². The summed E-state index contributed by atoms with van der Waals surface area (Å²) in [5, 5.41) is 2.37. The fraction of sp³-hybridized carbons (Fsp3) is 0.0476. The first-order valence-electron chi connectivity index (χ1n) is 9.08. The Kier molecular flexibility index (Phi) is 4.02. The van der Waals surface area contributed by atoms with Gasteiger partial charge >= 0.3 is 0 Å². The highest BCUT2D eigenvalue weighted by molar-refractivity contribution is 6.37. The Morgan fingerprint density at radius 2 is 1.61 bits per heavy atom. The van der Waals surface area contributed by atoms with Gasteiger partial charge in [-0.15, -0.1) is 0 Å². The van der Waals surface area contributed by atoms with Crippen LogP contribution in [-0.4, -0.2) is 19.5 Å². The van der Waals surface area contributed by atoms with Crippen LogP contribution in [0, 0.1) is 0 Å². The molecule has 0 aliphatic carbocycles. The van der Waals surface area contributed by atoms with Crippen LogP contribution >= 0.6 is 34.8 Å². The van der Waals surface area contributed by atoms with Crippen molar-refractivity contribution in [2.45, 2.75) is 6.54 Å². The molecule has 0 aliphatic heterocycles. The van der Waals surface area contributed by atoms with Crippen molar-refractivity contribution in [1.82, 2.24) is 19.5 Å². The molecular weight excluding hydrogens is 463 g/mol. The lowest BCUT2D eigenvalue weighted by Crippen LogP contribution is -2.20. The van der Waals surface area contributed by atoms with E-state index in [9.17, 15) is 4.79 Å². The fourth-order valence-corrected chi connectivity index (χ4v) is 4.39. The summed E-state index contributed by atoms with van der Waals surface area (Å²) in [5.41, 5.74) is 2.85. The molecule has 0 saturated heterocycles. The van der Waals surface area contributed by atoms with Gasteiger partial charge in [0, 0.05) is 10.8 Å². The number of nitrogens with zero attached hydrogens (tertiary/aromatic N) is 4. The van der Waals surface area contributed by atoms with Crippen molar-refractivity contribution in [1.29, 1.82) is 0 Å². The van der Waals surface area contributed by atoms with E-state index in [0.717, 1.165) is 5.56 Å². The molecule has 0 atom stereocenters. The molecule has 2 aromatic carbocycles. The molecule has 4 aromatic heterocycles. The monoisotopic (exact) mass is 470 g/mol. The Hall–Kier alpha value is -3.13. The summed E-state index contributed by atoms with van der Waals surface area (Å²) in [4.78, 5) is 25.7. The van der Waals surface area contributed by atoms with Crippen LogP contribution in [-0.2, 0) is 6.54 Å². The molecule has 0 radical (unpaired) electrons. The number of fused-ring (bicyclic) bond motifs is 6. The molecule has 6 aromatic rings. The van der Waals surface area contributed by atoms with Crippen LogP contribution in [0.15, 0.2) is 56.6 Å². The summed E-state index contributed by atoms with van der Waals surface area (Å²) in [7, 11) is 0. The third-order valence-electron chi connectivity index (χ3n) is 5.10. The van der Waals surface area contributed by atoms with E-state index in [1.54, 1.807) is 18.2 Å². The Bertz CT molecular complexity index is 1740. The van der Waals surface area contributed by atoms with Gasteiger partial charge < -0.3 is 8.83 Å². The highest BCUT2D eigenvalue weighted by atomic mass is 35.5. The zero-order valence-electron chi connectivity index (χ0n) is 15.4. The van der Waals surface area contributed by atoms with Gasteiger partial charge in [-0.3, -0.25) is 9.36 Å². The molecule has 0 bridgehead atoms. The minimum absolute atomic E-state index is 0.144. The van der Waals surface area contributed by atoms with E-state index in [1.165, 1.54) is 17.2 Å². The van der Waals surface area contributed by atoms with Crippen LogP contribution in [0.2, 0.25) is 15.2 Å². The molecule has 0 saturated carbocycles. The number of hydrogen-bond donors (Lipinski definition) is 0. The van der Waals surface area contributed by atoms with E-state index in [1.807, 2.05) is 12.1 Å². The Labute approximate surface area is 187 Å². The summed E-state index contributed by atoms with van der Waals surface area (Å²) in [6, 6.07) is 8.87. The minimum Gasteiger partial charge on any atom is -0.450 e. The van der Waals surface area contributed by atoms with E-state index >= 15 is 0 Å². The number of benzene rings is 2. The van der Waals surface area contributed by atoms with Crippen LogP contribution in [0.1, 0.15) is 5.56 Å². The first kappa shape index (κ1) is 18.6. The van der Waals surface area contributed by atoms with E-state index < -0.39 is 0 Å². The Morgan fingerprint density at radius 3 is 2.48 bits per heavy atom. The molecule has 0 N–H and O–H groups in total. The normalized spacial score (nSPS) is 12.0. The lowest BCUT2D eigenvalue weighted by atomic mass is 10.1. The number of hydrogen-bond acceptors (Lipinski definition) is 6. The number of para-hydroxylation sites is 1. The van der Waals surface area contributed by atoms with Gasteiger partial charge in [-0.2, -0.15) is 0 Å². The molecule has 0 fully saturated rings. The topological polar surface area (TPSA) is 87.0 Å². The first-order valence-corrected chi connectivity index (χ1v) is 10.2. The molecule has 0 unspecified atom stereocenters. The van der Waals surface area contributed by atoms with Crippen LogP contribution in [0.3, 0.4) is 0 Å². The summed E-state index contributed by atoms with van der Waals surface area (Å²) < 4.78 is 12.9. The maximum Gasteiger partial charge on any atom is 0.297 e. The third kappa shape index (κ3) is 2.74. The molecule has 0 aliphatic rings. The molecule has 10 heteroatoms. The average molecular weight is 472 g/mol. The number of furan rings is 2. The largest absolute Gasteiger partial charge is 0.450 e. The highest BCUT2D eigenvalue weighted by Gasteiger charge is 2.18. The quantitative estimate of drug-likeness (QED) is 0.295. The van der Waals surface area contributed by atoms with Gasteiger partial charge in [0.1, 0.15) is 17.4 Å². The molecule has 152 valence electrons. The zero-order chi connectivity index (χ0) is 21.3. The van der Waals surface area contributed by atoms with Gasteiger partial charge in [0.15, 0.2) is 21.9 Å². The van der Waals surface area contributed by atoms with Crippen LogP contribution in [0.5, 0.6) is 0 Å². The molecule has 0 spiro atoms. The fourth-order valence-electron chi connectivity index (χ4n) is 3.72. The van der Waals surface area contributed by atoms with Crippen molar-refractivity contribution in [3.05, 3.63) is 74.1 Å². The lowest BCUT2D eigenvalue weighted by molar-refractivity contribution is 0.642. The summed E-state index contributed by atoms with van der Waals surface area (Å²) in [5.74, 6) is 0. The molecule has 6 rings (SSSR count). The Morgan fingerprint density at radius 1 is 0.839 bits per heavy atom. The molecule has 7 nitrogen and oxygen atoms in total. The maximum atomic E-state index is 13.1. The number of rotatable bonds is 2. The zero-order valence-corrected chi connectivity index (χ0v) is 17.7. The number of aromatic nitrogens is 4. The molecule has 0 amide bonds. The van der Waals surface area contributed by atoms with Gasteiger partial charge in [0.25, 0.3) is 5.56 Å². The van der Waals surface area contributed by atoms with Crippen LogP contribution in [0.4, 0.5) is 0 Å². The molecular formula is C21H9Cl3N4O3. The van der Waals surface area contributed by atoms with Gasteiger partial charge in [-0.25, -0.2) is 15.0 Å². The van der Waals surface area contributed by atoms with Crippen LogP contribution in [0.25, 0.3) is 44.1 Å². The SMILES string of the molecule is O=c1c2oc3c(Cl)cccc3c2ncn1Cc1cc(Cl)c2oc3c(Cl)ncnc3c2c1. The van der Waals surface area contributed by atoms with E-state index in [0.29, 0.717) is 48.6 Å². The lowest BCUT2D eigenvalue weighted by Gasteiger charge is -2.06. The summed E-state index contributed by atoms with van der Waals surface area (Å²) in [6.45, 7) is 0.216. The average Bonchev–Trinajstić information content (AvgIpc) is 3.32. The van der Waals surface area contributed by atoms with Crippen LogP contribution < -0.4 is 5.56 Å². The van der Waals surface area contributed by atoms with E-state index in [2.05, 4.69) is 15.0 Å². The van der Waals surface area contributed by atoms with Gasteiger partial charge in [-0.05, 0) is 29.8 Å². The third-order valence-corrected chi connectivity index (χ3v) is 5.95. The molecule has 31 heavy (non-hydrogen) atoms. The van der Waals surface area contributed by atoms with Gasteiger partial charge in [0.05, 0.1) is 22.9 Å². The van der Waals surface area contributed by atoms with E-state index in [4.69, 9.17) is 43.6 Å².